The summed E-state index contributed by atoms with van der Waals surface area (Å²) in [7, 11) is 0. The Hall–Kier alpha value is -0.120. The molecule has 2 aliphatic carbocycles. The standard InChI is InChI=1S/C17H33NO2/c1-2-17(10-6-7-11-17)14-18-12-15(19)13-20-16-8-4-3-5-9-16/h15-16,18-19H,2-14H2,1H3. The SMILES string of the molecule is CCC1(CNCC(O)COC2CCCCC2)CCCC1. The first-order chi connectivity index (χ1) is 9.74. The lowest BCUT2D eigenvalue weighted by Gasteiger charge is -2.29. The summed E-state index contributed by atoms with van der Waals surface area (Å²) in [6.45, 7) is 4.53. The first-order valence-corrected chi connectivity index (χ1v) is 8.74. The highest BCUT2D eigenvalue weighted by molar-refractivity contribution is 4.85. The van der Waals surface area contributed by atoms with Crippen LogP contribution in [0.3, 0.4) is 0 Å². The second-order valence-electron chi connectivity index (χ2n) is 6.94. The Kier molecular flexibility index (Phi) is 6.79. The van der Waals surface area contributed by atoms with E-state index < -0.39 is 0 Å². The third-order valence-corrected chi connectivity index (χ3v) is 5.37. The van der Waals surface area contributed by atoms with Crippen molar-refractivity contribution in [2.24, 2.45) is 5.41 Å². The van der Waals surface area contributed by atoms with E-state index >= 15 is 0 Å². The van der Waals surface area contributed by atoms with Gasteiger partial charge in [-0.15, -0.1) is 0 Å². The van der Waals surface area contributed by atoms with Crippen molar-refractivity contribution in [3.63, 3.8) is 0 Å². The largest absolute Gasteiger partial charge is 0.389 e. The number of rotatable bonds is 8. The quantitative estimate of drug-likeness (QED) is 0.718. The van der Waals surface area contributed by atoms with Crippen molar-refractivity contribution in [2.45, 2.75) is 83.3 Å². The van der Waals surface area contributed by atoms with Crippen LogP contribution in [0.1, 0.15) is 71.1 Å². The van der Waals surface area contributed by atoms with Crippen LogP contribution in [-0.4, -0.2) is 37.0 Å². The molecule has 0 aromatic heterocycles. The highest BCUT2D eigenvalue weighted by Crippen LogP contribution is 2.40. The van der Waals surface area contributed by atoms with E-state index in [1.54, 1.807) is 0 Å². The fourth-order valence-corrected chi connectivity index (χ4v) is 3.82. The van der Waals surface area contributed by atoms with E-state index in [9.17, 15) is 5.11 Å². The Morgan fingerprint density at radius 1 is 1.15 bits per heavy atom. The number of ether oxygens (including phenoxy) is 1. The molecule has 2 fully saturated rings. The molecule has 1 atom stereocenters. The summed E-state index contributed by atoms with van der Waals surface area (Å²) in [6.07, 6.45) is 13.1. The van der Waals surface area contributed by atoms with Crippen LogP contribution < -0.4 is 5.32 Å². The van der Waals surface area contributed by atoms with Crippen LogP contribution in [0.15, 0.2) is 0 Å². The van der Waals surface area contributed by atoms with E-state index in [-0.39, 0.29) is 6.10 Å². The van der Waals surface area contributed by atoms with Crippen LogP contribution in [0.4, 0.5) is 0 Å². The first kappa shape index (κ1) is 16.3. The number of hydrogen-bond donors (Lipinski definition) is 2. The molecular formula is C17H33NO2. The normalized spacial score (nSPS) is 24.9. The molecule has 0 aromatic carbocycles. The monoisotopic (exact) mass is 283 g/mol. The van der Waals surface area contributed by atoms with E-state index in [1.165, 1.54) is 64.2 Å². The Morgan fingerprint density at radius 3 is 2.50 bits per heavy atom. The summed E-state index contributed by atoms with van der Waals surface area (Å²) in [6, 6.07) is 0. The third kappa shape index (κ3) is 5.01. The molecule has 118 valence electrons. The molecule has 0 amide bonds. The maximum Gasteiger partial charge on any atom is 0.0897 e. The molecular weight excluding hydrogens is 250 g/mol. The van der Waals surface area contributed by atoms with Crippen LogP contribution in [0.2, 0.25) is 0 Å². The zero-order valence-corrected chi connectivity index (χ0v) is 13.2. The van der Waals surface area contributed by atoms with Gasteiger partial charge >= 0.3 is 0 Å². The minimum atomic E-state index is -0.354. The molecule has 1 unspecified atom stereocenters. The molecule has 0 saturated heterocycles. The van der Waals surface area contributed by atoms with Gasteiger partial charge in [0.1, 0.15) is 0 Å². The van der Waals surface area contributed by atoms with Crippen LogP contribution >= 0.6 is 0 Å². The van der Waals surface area contributed by atoms with Crippen molar-refractivity contribution in [2.75, 3.05) is 19.7 Å². The fraction of sp³-hybridized carbons (Fsp3) is 1.00. The number of nitrogens with one attached hydrogen (secondary N) is 1. The van der Waals surface area contributed by atoms with E-state index in [0.717, 1.165) is 6.54 Å². The van der Waals surface area contributed by atoms with Crippen molar-refractivity contribution >= 4 is 0 Å². The second kappa shape index (κ2) is 8.35. The number of aliphatic hydroxyl groups excluding tert-OH is 1. The van der Waals surface area contributed by atoms with Crippen molar-refractivity contribution in [1.29, 1.82) is 0 Å². The fourth-order valence-electron chi connectivity index (χ4n) is 3.82. The molecule has 2 N–H and O–H groups in total. The van der Waals surface area contributed by atoms with Crippen molar-refractivity contribution in [3.05, 3.63) is 0 Å². The minimum Gasteiger partial charge on any atom is -0.389 e. The Bertz CT molecular complexity index is 258. The molecule has 2 aliphatic rings. The van der Waals surface area contributed by atoms with E-state index in [4.69, 9.17) is 4.74 Å². The summed E-state index contributed by atoms with van der Waals surface area (Å²) in [5, 5.41) is 13.5. The molecule has 3 nitrogen and oxygen atoms in total. The molecule has 3 heteroatoms. The van der Waals surface area contributed by atoms with Crippen molar-refractivity contribution in [1.82, 2.24) is 5.32 Å². The molecule has 2 rings (SSSR count). The zero-order chi connectivity index (χ0) is 14.3. The van der Waals surface area contributed by atoms with Gasteiger partial charge in [-0.05, 0) is 37.5 Å². The highest BCUT2D eigenvalue weighted by atomic mass is 16.5. The highest BCUT2D eigenvalue weighted by Gasteiger charge is 2.31. The lowest BCUT2D eigenvalue weighted by Crippen LogP contribution is -2.38. The molecule has 0 aliphatic heterocycles. The summed E-state index contributed by atoms with van der Waals surface area (Å²) < 4.78 is 5.83. The average Bonchev–Trinajstić information content (AvgIpc) is 2.96. The second-order valence-corrected chi connectivity index (χ2v) is 6.94. The molecule has 0 aromatic rings. The lowest BCUT2D eigenvalue weighted by atomic mass is 9.83. The Labute approximate surface area is 124 Å². The topological polar surface area (TPSA) is 41.5 Å². The maximum atomic E-state index is 10.0. The van der Waals surface area contributed by atoms with Gasteiger partial charge in [-0.1, -0.05) is 39.0 Å². The van der Waals surface area contributed by atoms with E-state index in [1.807, 2.05) is 0 Å². The average molecular weight is 283 g/mol. The Balaban J connectivity index is 1.56. The van der Waals surface area contributed by atoms with Crippen molar-refractivity contribution in [3.8, 4) is 0 Å². The van der Waals surface area contributed by atoms with Gasteiger partial charge in [0.15, 0.2) is 0 Å². The summed E-state index contributed by atoms with van der Waals surface area (Å²) in [5.41, 5.74) is 0.504. The first-order valence-electron chi connectivity index (χ1n) is 8.74. The number of aliphatic hydroxyl groups is 1. The van der Waals surface area contributed by atoms with Crippen molar-refractivity contribution < 1.29 is 9.84 Å². The van der Waals surface area contributed by atoms with Crippen LogP contribution in [0, 0.1) is 5.41 Å². The number of hydrogen-bond acceptors (Lipinski definition) is 3. The smallest absolute Gasteiger partial charge is 0.0897 e. The molecule has 0 radical (unpaired) electrons. The zero-order valence-electron chi connectivity index (χ0n) is 13.2. The molecule has 20 heavy (non-hydrogen) atoms. The third-order valence-electron chi connectivity index (χ3n) is 5.37. The van der Waals surface area contributed by atoms with E-state index in [0.29, 0.717) is 24.7 Å². The lowest BCUT2D eigenvalue weighted by molar-refractivity contribution is -0.0235. The molecule has 0 spiro atoms. The Morgan fingerprint density at radius 2 is 1.85 bits per heavy atom. The maximum absolute atomic E-state index is 10.0. The predicted molar refractivity (Wildman–Crippen MR) is 82.9 cm³/mol. The summed E-state index contributed by atoms with van der Waals surface area (Å²) in [5.74, 6) is 0. The molecule has 0 bridgehead atoms. The predicted octanol–water partition coefficient (Wildman–Crippen LogP) is 3.26. The minimum absolute atomic E-state index is 0.354. The summed E-state index contributed by atoms with van der Waals surface area (Å²) in [4.78, 5) is 0. The van der Waals surface area contributed by atoms with E-state index in [2.05, 4.69) is 12.2 Å². The molecule has 2 saturated carbocycles. The van der Waals surface area contributed by atoms with Gasteiger partial charge in [-0.3, -0.25) is 0 Å². The van der Waals surface area contributed by atoms with Crippen LogP contribution in [-0.2, 0) is 4.74 Å². The van der Waals surface area contributed by atoms with Gasteiger partial charge < -0.3 is 15.2 Å². The molecule has 0 heterocycles. The summed E-state index contributed by atoms with van der Waals surface area (Å²) >= 11 is 0. The van der Waals surface area contributed by atoms with Crippen LogP contribution in [0.5, 0.6) is 0 Å². The van der Waals surface area contributed by atoms with Gasteiger partial charge in [-0.2, -0.15) is 0 Å². The van der Waals surface area contributed by atoms with Gasteiger partial charge in [0.25, 0.3) is 0 Å². The van der Waals surface area contributed by atoms with Gasteiger partial charge in [0, 0.05) is 13.1 Å². The van der Waals surface area contributed by atoms with Gasteiger partial charge in [0.05, 0.1) is 18.8 Å². The van der Waals surface area contributed by atoms with Gasteiger partial charge in [0.2, 0.25) is 0 Å². The van der Waals surface area contributed by atoms with Gasteiger partial charge in [-0.25, -0.2) is 0 Å². The van der Waals surface area contributed by atoms with Crippen LogP contribution in [0.25, 0.3) is 0 Å².